The molecule has 0 rings (SSSR count). The van der Waals surface area contributed by atoms with Gasteiger partial charge >= 0.3 is 18.0 Å². The number of carbonyl (C=O) groups excluding carboxylic acids is 2. The van der Waals surface area contributed by atoms with Gasteiger partial charge in [-0.05, 0) is 34.6 Å². The number of likely N-dealkylation sites (N-methyl/N-ethyl adjacent to an activating group) is 1. The van der Waals surface area contributed by atoms with E-state index in [1.54, 1.807) is 13.8 Å². The average Bonchev–Trinajstić information content (AvgIpc) is 2.29. The minimum atomic E-state index is -1.35. The summed E-state index contributed by atoms with van der Waals surface area (Å²) in [6.45, 7) is 8.09. The number of hydrogen-bond donors (Lipinski definition) is 2. The first-order chi connectivity index (χ1) is 8.68. The summed E-state index contributed by atoms with van der Waals surface area (Å²) < 4.78 is 4.76. The van der Waals surface area contributed by atoms with Gasteiger partial charge in [0.15, 0.2) is 0 Å². The molecule has 0 spiro atoms. The van der Waals surface area contributed by atoms with E-state index < -0.39 is 29.6 Å². The molecule has 7 heteroatoms. The number of nitrogens with zero attached hydrogens (tertiary/aromatic N) is 1. The Hall–Kier alpha value is -1.79. The third-order valence-corrected chi connectivity index (χ3v) is 2.74. The number of ether oxygens (including phenoxy) is 1. The molecule has 0 bridgehead atoms. The Morgan fingerprint density at radius 3 is 2.21 bits per heavy atom. The Kier molecular flexibility index (Phi) is 6.31. The van der Waals surface area contributed by atoms with Crippen molar-refractivity contribution in [2.75, 3.05) is 13.2 Å². The molecule has 0 aromatic rings. The summed E-state index contributed by atoms with van der Waals surface area (Å²) in [5.74, 6) is -1.67. The van der Waals surface area contributed by atoms with Crippen LogP contribution in [0.25, 0.3) is 0 Å². The van der Waals surface area contributed by atoms with Crippen LogP contribution in [0.2, 0.25) is 0 Å². The number of hydrogen-bond acceptors (Lipinski definition) is 4. The van der Waals surface area contributed by atoms with Crippen LogP contribution in [0.5, 0.6) is 0 Å². The minimum absolute atomic E-state index is 0.209. The fraction of sp³-hybridized carbons (Fsp3) is 0.750. The molecule has 1 unspecified atom stereocenters. The molecular weight excluding hydrogens is 252 g/mol. The lowest BCUT2D eigenvalue weighted by Crippen LogP contribution is -2.58. The molecule has 0 radical (unpaired) electrons. The Balaban J connectivity index is 4.79. The number of carbonyl (C=O) groups is 3. The van der Waals surface area contributed by atoms with Crippen molar-refractivity contribution < 1.29 is 24.2 Å². The van der Waals surface area contributed by atoms with Gasteiger partial charge < -0.3 is 20.1 Å². The SMILES string of the molecule is CCOC(=O)C(C)NC(=O)N(CC)C(C)(C)C(=O)O. The number of urea groups is 1. The molecule has 1 atom stereocenters. The van der Waals surface area contributed by atoms with Gasteiger partial charge in [0, 0.05) is 6.54 Å². The van der Waals surface area contributed by atoms with E-state index in [1.807, 2.05) is 0 Å². The molecule has 19 heavy (non-hydrogen) atoms. The largest absolute Gasteiger partial charge is 0.480 e. The minimum Gasteiger partial charge on any atom is -0.480 e. The zero-order valence-corrected chi connectivity index (χ0v) is 12.0. The first-order valence-corrected chi connectivity index (χ1v) is 6.16. The third kappa shape index (κ3) is 4.42. The molecule has 0 fully saturated rings. The van der Waals surface area contributed by atoms with E-state index in [2.05, 4.69) is 5.32 Å². The summed E-state index contributed by atoms with van der Waals surface area (Å²) >= 11 is 0. The molecule has 0 aromatic carbocycles. The second kappa shape index (κ2) is 6.96. The van der Waals surface area contributed by atoms with E-state index in [-0.39, 0.29) is 13.2 Å². The van der Waals surface area contributed by atoms with Crippen LogP contribution in [-0.2, 0) is 14.3 Å². The third-order valence-electron chi connectivity index (χ3n) is 2.74. The maximum atomic E-state index is 12.0. The number of esters is 1. The van der Waals surface area contributed by atoms with Crippen molar-refractivity contribution >= 4 is 18.0 Å². The standard InChI is InChI=1S/C12H22N2O5/c1-6-14(12(4,5)10(16)17)11(18)13-8(3)9(15)19-7-2/h8H,6-7H2,1-5H3,(H,13,18)(H,16,17). The van der Waals surface area contributed by atoms with Crippen molar-refractivity contribution in [3.05, 3.63) is 0 Å². The van der Waals surface area contributed by atoms with Crippen molar-refractivity contribution in [1.82, 2.24) is 10.2 Å². The molecule has 0 aliphatic heterocycles. The van der Waals surface area contributed by atoms with Crippen LogP contribution in [0.4, 0.5) is 4.79 Å². The Bertz CT molecular complexity index is 354. The summed E-state index contributed by atoms with van der Waals surface area (Å²) in [5.41, 5.74) is -1.35. The van der Waals surface area contributed by atoms with E-state index >= 15 is 0 Å². The topological polar surface area (TPSA) is 95.9 Å². The van der Waals surface area contributed by atoms with Crippen molar-refractivity contribution in [2.24, 2.45) is 0 Å². The maximum absolute atomic E-state index is 12.0. The number of nitrogens with one attached hydrogen (secondary N) is 1. The number of rotatable bonds is 6. The molecule has 7 nitrogen and oxygen atoms in total. The fourth-order valence-electron chi connectivity index (χ4n) is 1.50. The van der Waals surface area contributed by atoms with Crippen LogP contribution in [0.3, 0.4) is 0 Å². The Morgan fingerprint density at radius 2 is 1.84 bits per heavy atom. The van der Waals surface area contributed by atoms with Crippen molar-refractivity contribution in [1.29, 1.82) is 0 Å². The number of carboxylic acid groups (broad SMARTS) is 1. The van der Waals surface area contributed by atoms with Gasteiger partial charge in [-0.25, -0.2) is 14.4 Å². The summed E-state index contributed by atoms with van der Waals surface area (Å²) in [4.78, 5) is 35.7. The number of carboxylic acids is 1. The van der Waals surface area contributed by atoms with Crippen molar-refractivity contribution in [2.45, 2.75) is 46.2 Å². The highest BCUT2D eigenvalue weighted by atomic mass is 16.5. The van der Waals surface area contributed by atoms with E-state index in [0.29, 0.717) is 0 Å². The quantitative estimate of drug-likeness (QED) is 0.699. The van der Waals surface area contributed by atoms with Crippen LogP contribution < -0.4 is 5.32 Å². The molecule has 0 aliphatic rings. The molecule has 0 saturated heterocycles. The van der Waals surface area contributed by atoms with Crippen LogP contribution in [-0.4, -0.2) is 52.7 Å². The Morgan fingerprint density at radius 1 is 1.32 bits per heavy atom. The van der Waals surface area contributed by atoms with Crippen LogP contribution >= 0.6 is 0 Å². The maximum Gasteiger partial charge on any atom is 0.329 e. The van der Waals surface area contributed by atoms with Gasteiger partial charge in [-0.3, -0.25) is 0 Å². The van der Waals surface area contributed by atoms with Crippen LogP contribution in [0.1, 0.15) is 34.6 Å². The summed E-state index contributed by atoms with van der Waals surface area (Å²) in [5, 5.41) is 11.5. The van der Waals surface area contributed by atoms with E-state index in [9.17, 15) is 14.4 Å². The molecule has 0 saturated carbocycles. The predicted octanol–water partition coefficient (Wildman–Crippen LogP) is 0.833. The highest BCUT2D eigenvalue weighted by molar-refractivity contribution is 5.88. The second-order valence-electron chi connectivity index (χ2n) is 4.53. The molecule has 0 aliphatic carbocycles. The van der Waals surface area contributed by atoms with Crippen LogP contribution in [0.15, 0.2) is 0 Å². The zero-order valence-electron chi connectivity index (χ0n) is 12.0. The fourth-order valence-corrected chi connectivity index (χ4v) is 1.50. The lowest BCUT2D eigenvalue weighted by Gasteiger charge is -2.34. The zero-order chi connectivity index (χ0) is 15.2. The van der Waals surface area contributed by atoms with Crippen LogP contribution in [0, 0.1) is 0 Å². The first kappa shape index (κ1) is 17.2. The average molecular weight is 274 g/mol. The lowest BCUT2D eigenvalue weighted by molar-refractivity contribution is -0.147. The monoisotopic (exact) mass is 274 g/mol. The molecule has 2 N–H and O–H groups in total. The highest BCUT2D eigenvalue weighted by Crippen LogP contribution is 2.14. The molecule has 0 aromatic heterocycles. The van der Waals surface area contributed by atoms with Gasteiger partial charge in [0.05, 0.1) is 6.61 Å². The smallest absolute Gasteiger partial charge is 0.329 e. The second-order valence-corrected chi connectivity index (χ2v) is 4.53. The summed E-state index contributed by atoms with van der Waals surface area (Å²) in [6, 6.07) is -1.44. The van der Waals surface area contributed by atoms with E-state index in [0.717, 1.165) is 4.90 Å². The number of amides is 2. The molecule has 0 heterocycles. The van der Waals surface area contributed by atoms with Crippen molar-refractivity contribution in [3.8, 4) is 0 Å². The van der Waals surface area contributed by atoms with Gasteiger partial charge in [-0.15, -0.1) is 0 Å². The normalized spacial score (nSPS) is 12.5. The van der Waals surface area contributed by atoms with Gasteiger partial charge in [0.2, 0.25) is 0 Å². The highest BCUT2D eigenvalue weighted by Gasteiger charge is 2.37. The van der Waals surface area contributed by atoms with Gasteiger partial charge in [0.1, 0.15) is 11.6 Å². The molecule has 2 amide bonds. The number of aliphatic carboxylic acids is 1. The van der Waals surface area contributed by atoms with Gasteiger partial charge in [0.25, 0.3) is 0 Å². The van der Waals surface area contributed by atoms with E-state index in [4.69, 9.17) is 9.84 Å². The predicted molar refractivity (Wildman–Crippen MR) is 68.7 cm³/mol. The summed E-state index contributed by atoms with van der Waals surface area (Å²) in [7, 11) is 0. The van der Waals surface area contributed by atoms with Gasteiger partial charge in [-0.1, -0.05) is 0 Å². The van der Waals surface area contributed by atoms with Gasteiger partial charge in [-0.2, -0.15) is 0 Å². The first-order valence-electron chi connectivity index (χ1n) is 6.16. The summed E-state index contributed by atoms with van der Waals surface area (Å²) in [6.07, 6.45) is 0. The molecule has 110 valence electrons. The van der Waals surface area contributed by atoms with E-state index in [1.165, 1.54) is 20.8 Å². The van der Waals surface area contributed by atoms with Crippen molar-refractivity contribution in [3.63, 3.8) is 0 Å². The Labute approximate surface area is 112 Å². The molecular formula is C12H22N2O5. The lowest BCUT2D eigenvalue weighted by atomic mass is 10.0.